The van der Waals surface area contributed by atoms with Crippen LogP contribution in [0.2, 0.25) is 0 Å². The molecule has 0 saturated heterocycles. The number of fused-ring (bicyclic) bond motifs is 13. The van der Waals surface area contributed by atoms with Crippen LogP contribution >= 0.6 is 0 Å². The van der Waals surface area contributed by atoms with Gasteiger partial charge >= 0.3 is 0 Å². The molecule has 3 heteroatoms. The van der Waals surface area contributed by atoms with E-state index >= 15 is 0 Å². The molecule has 1 aliphatic heterocycles. The van der Waals surface area contributed by atoms with Gasteiger partial charge in [-0.1, -0.05) is 194 Å². The van der Waals surface area contributed by atoms with Crippen molar-refractivity contribution >= 4 is 17.1 Å². The fourth-order valence-electron chi connectivity index (χ4n) is 10.7. The van der Waals surface area contributed by atoms with E-state index in [-0.39, 0.29) is 0 Å². The van der Waals surface area contributed by atoms with Gasteiger partial charge < -0.3 is 14.4 Å². The van der Waals surface area contributed by atoms with E-state index in [0.29, 0.717) is 17.2 Å². The van der Waals surface area contributed by atoms with Gasteiger partial charge in [-0.25, -0.2) is 0 Å². The number of nitrogens with zero attached hydrogens (tertiary/aromatic N) is 1. The minimum atomic E-state index is -0.488. The van der Waals surface area contributed by atoms with Gasteiger partial charge in [0, 0.05) is 16.8 Å². The summed E-state index contributed by atoms with van der Waals surface area (Å²) < 4.78 is 14.5. The lowest BCUT2D eigenvalue weighted by Gasteiger charge is -2.33. The van der Waals surface area contributed by atoms with Crippen molar-refractivity contribution < 1.29 is 9.47 Å². The van der Waals surface area contributed by atoms with E-state index in [4.69, 9.17) is 9.47 Å². The van der Waals surface area contributed by atoms with Crippen LogP contribution in [0.15, 0.2) is 237 Å². The van der Waals surface area contributed by atoms with E-state index in [0.717, 1.165) is 67.3 Å². The van der Waals surface area contributed by atoms with Gasteiger partial charge in [0.1, 0.15) is 0 Å². The molecule has 64 heavy (non-hydrogen) atoms. The highest BCUT2D eigenvalue weighted by Gasteiger charge is 2.53. The third-order valence-electron chi connectivity index (χ3n) is 13.3. The number of hydrogen-bond donors (Lipinski definition) is 0. The van der Waals surface area contributed by atoms with Crippen LogP contribution in [0.1, 0.15) is 22.3 Å². The van der Waals surface area contributed by atoms with Gasteiger partial charge in [0.2, 0.25) is 0 Å². The van der Waals surface area contributed by atoms with E-state index in [2.05, 4.69) is 235 Å². The molecule has 3 aliphatic rings. The maximum absolute atomic E-state index is 7.27. The predicted molar refractivity (Wildman–Crippen MR) is 260 cm³/mol. The summed E-state index contributed by atoms with van der Waals surface area (Å²) in [5.41, 5.74) is 19.0. The molecule has 1 spiro atoms. The molecule has 300 valence electrons. The molecule has 0 N–H and O–H groups in total. The van der Waals surface area contributed by atoms with Crippen LogP contribution < -0.4 is 14.4 Å². The van der Waals surface area contributed by atoms with E-state index < -0.39 is 5.41 Å². The Morgan fingerprint density at radius 3 is 1.39 bits per heavy atom. The summed E-state index contributed by atoms with van der Waals surface area (Å²) in [6.45, 7) is 0. The predicted octanol–water partition coefficient (Wildman–Crippen LogP) is 16.4. The zero-order valence-corrected chi connectivity index (χ0v) is 34.8. The first kappa shape index (κ1) is 36.3. The zero-order valence-electron chi connectivity index (χ0n) is 34.8. The molecule has 0 fully saturated rings. The monoisotopic (exact) mass is 817 g/mol. The quantitative estimate of drug-likeness (QED) is 0.167. The summed E-state index contributed by atoms with van der Waals surface area (Å²) in [4.78, 5) is 2.35. The summed E-state index contributed by atoms with van der Waals surface area (Å²) >= 11 is 0. The first-order valence-corrected chi connectivity index (χ1v) is 21.9. The van der Waals surface area contributed by atoms with Crippen LogP contribution in [0, 0.1) is 0 Å². The van der Waals surface area contributed by atoms with Gasteiger partial charge in [0.05, 0.1) is 16.8 Å². The van der Waals surface area contributed by atoms with Crippen molar-refractivity contribution in [3.63, 3.8) is 0 Å². The second-order valence-corrected chi connectivity index (χ2v) is 16.7. The van der Waals surface area contributed by atoms with Gasteiger partial charge in [0.15, 0.2) is 23.0 Å². The van der Waals surface area contributed by atoms with Crippen LogP contribution in [0.5, 0.6) is 23.0 Å². The smallest absolute Gasteiger partial charge is 0.194 e. The highest BCUT2D eigenvalue weighted by molar-refractivity contribution is 5.99. The lowest BCUT2D eigenvalue weighted by atomic mass is 9.70. The zero-order chi connectivity index (χ0) is 42.2. The van der Waals surface area contributed by atoms with Crippen LogP contribution in [0.4, 0.5) is 17.1 Å². The summed E-state index contributed by atoms with van der Waals surface area (Å²) in [5.74, 6) is 2.74. The molecule has 0 aromatic heterocycles. The third-order valence-corrected chi connectivity index (χ3v) is 13.3. The summed E-state index contributed by atoms with van der Waals surface area (Å²) in [6.07, 6.45) is 0. The molecule has 0 amide bonds. The summed E-state index contributed by atoms with van der Waals surface area (Å²) in [6, 6.07) is 84.7. The molecule has 3 nitrogen and oxygen atoms in total. The lowest BCUT2D eigenvalue weighted by Crippen LogP contribution is -2.25. The van der Waals surface area contributed by atoms with Gasteiger partial charge in [-0.15, -0.1) is 0 Å². The molecular formula is C61H39NO2. The summed E-state index contributed by atoms with van der Waals surface area (Å²) in [7, 11) is 0. The maximum atomic E-state index is 7.27. The van der Waals surface area contributed by atoms with Crippen molar-refractivity contribution in [2.45, 2.75) is 5.41 Å². The summed E-state index contributed by atoms with van der Waals surface area (Å²) in [5, 5.41) is 0. The van der Waals surface area contributed by atoms with E-state index in [1.807, 2.05) is 6.07 Å². The molecule has 1 heterocycles. The molecule has 0 bridgehead atoms. The van der Waals surface area contributed by atoms with E-state index in [9.17, 15) is 0 Å². The van der Waals surface area contributed by atoms with Crippen molar-refractivity contribution in [2.24, 2.45) is 0 Å². The largest absolute Gasteiger partial charge is 0.449 e. The Balaban J connectivity index is 1.03. The second-order valence-electron chi connectivity index (χ2n) is 16.7. The highest BCUT2D eigenvalue weighted by atomic mass is 16.6. The van der Waals surface area contributed by atoms with Crippen LogP contribution in [0.25, 0.3) is 55.6 Å². The Morgan fingerprint density at radius 1 is 0.297 bits per heavy atom. The topological polar surface area (TPSA) is 21.7 Å². The Hall–Kier alpha value is -8.40. The molecule has 10 aromatic rings. The lowest BCUT2D eigenvalue weighted by molar-refractivity contribution is 0.361. The van der Waals surface area contributed by atoms with Crippen molar-refractivity contribution in [3.05, 3.63) is 259 Å². The minimum absolute atomic E-state index is 0.488. The molecule has 0 radical (unpaired) electrons. The van der Waals surface area contributed by atoms with Crippen molar-refractivity contribution in [3.8, 4) is 78.6 Å². The molecular weight excluding hydrogens is 779 g/mol. The number of ether oxygens (including phenoxy) is 2. The Bertz CT molecular complexity index is 3350. The Kier molecular flexibility index (Phi) is 8.13. The SMILES string of the molecule is c1ccc(-c2cc(-c3ccccc3)cc(N(c3ccccc3-c3ccccc3)c3cccc4c3Oc3ccc5c(c3O4)-c3ccccc3C53c4ccccc4-c4ccccc43)c2)cc1. The Labute approximate surface area is 372 Å². The molecule has 0 unspecified atom stereocenters. The molecule has 0 saturated carbocycles. The Morgan fingerprint density at radius 2 is 0.766 bits per heavy atom. The minimum Gasteiger partial charge on any atom is -0.449 e. The number of para-hydroxylation sites is 2. The molecule has 2 aliphatic carbocycles. The highest BCUT2D eigenvalue weighted by Crippen LogP contribution is 2.67. The average molecular weight is 818 g/mol. The van der Waals surface area contributed by atoms with Crippen molar-refractivity contribution in [1.82, 2.24) is 0 Å². The van der Waals surface area contributed by atoms with Crippen LogP contribution in [0.3, 0.4) is 0 Å². The molecule has 10 aromatic carbocycles. The number of rotatable bonds is 6. The van der Waals surface area contributed by atoms with Gasteiger partial charge in [0.25, 0.3) is 0 Å². The number of anilines is 3. The van der Waals surface area contributed by atoms with Crippen molar-refractivity contribution in [2.75, 3.05) is 4.90 Å². The first-order chi connectivity index (χ1) is 31.8. The molecule has 0 atom stereocenters. The number of benzene rings is 10. The van der Waals surface area contributed by atoms with E-state index in [1.54, 1.807) is 0 Å². The third kappa shape index (κ3) is 5.34. The average Bonchev–Trinajstić information content (AvgIpc) is 3.85. The van der Waals surface area contributed by atoms with Gasteiger partial charge in [-0.05, 0) is 109 Å². The first-order valence-electron chi connectivity index (χ1n) is 21.9. The van der Waals surface area contributed by atoms with Gasteiger partial charge in [-0.3, -0.25) is 0 Å². The standard InChI is InChI=1S/C61H39NO2/c1-4-19-40(20-5-1)43-37-44(41-21-6-2-7-22-41)39-45(38-43)62(54-32-17-13-25-46(54)42-23-8-3-9-24-42)55-33-18-34-56-59(55)63-57-36-35-53-58(60(57)64-56)49-28-12-16-31-52(49)61(53)50-29-14-10-26-47(50)48-27-11-15-30-51(48)61/h1-39H. The fraction of sp³-hybridized carbons (Fsp3) is 0.0164. The van der Waals surface area contributed by atoms with Gasteiger partial charge in [-0.2, -0.15) is 0 Å². The molecule has 13 rings (SSSR count). The number of hydrogen-bond acceptors (Lipinski definition) is 3. The van der Waals surface area contributed by atoms with Crippen LogP contribution in [-0.4, -0.2) is 0 Å². The van der Waals surface area contributed by atoms with E-state index in [1.165, 1.54) is 33.4 Å². The fourth-order valence-corrected chi connectivity index (χ4v) is 10.7. The second kappa shape index (κ2) is 14.3. The normalized spacial score (nSPS) is 13.1. The maximum Gasteiger partial charge on any atom is 0.194 e. The van der Waals surface area contributed by atoms with Crippen molar-refractivity contribution in [1.29, 1.82) is 0 Å². The van der Waals surface area contributed by atoms with Crippen LogP contribution in [-0.2, 0) is 5.41 Å².